The van der Waals surface area contributed by atoms with Gasteiger partial charge >= 0.3 is 0 Å². The topological polar surface area (TPSA) is 12.0 Å². The van der Waals surface area contributed by atoms with E-state index in [2.05, 4.69) is 39.6 Å². The van der Waals surface area contributed by atoms with Gasteiger partial charge in [-0.25, -0.2) is 0 Å². The first-order valence-electron chi connectivity index (χ1n) is 4.77. The number of hydrogen-bond acceptors (Lipinski definition) is 3. The van der Waals surface area contributed by atoms with Gasteiger partial charge < -0.3 is 5.32 Å². The van der Waals surface area contributed by atoms with Crippen LogP contribution in [0.4, 0.5) is 0 Å². The number of nitrogens with one attached hydrogen (secondary N) is 1. The fourth-order valence-corrected chi connectivity index (χ4v) is 4.08. The van der Waals surface area contributed by atoms with Crippen molar-refractivity contribution in [2.24, 2.45) is 0 Å². The number of rotatable bonds is 6. The molecule has 1 aromatic heterocycles. The molecule has 1 heterocycles. The van der Waals surface area contributed by atoms with Gasteiger partial charge in [-0.3, -0.25) is 0 Å². The zero-order valence-corrected chi connectivity index (χ0v) is 11.8. The van der Waals surface area contributed by atoms with E-state index in [9.17, 15) is 0 Å². The first kappa shape index (κ1) is 12.6. The Hall–Kier alpha value is 0.490. The summed E-state index contributed by atoms with van der Waals surface area (Å²) < 4.78 is 1.24. The van der Waals surface area contributed by atoms with Crippen LogP contribution >= 0.6 is 39.0 Å². The van der Waals surface area contributed by atoms with Gasteiger partial charge in [0.1, 0.15) is 0 Å². The molecule has 1 rings (SSSR count). The molecule has 0 saturated heterocycles. The second-order valence-electron chi connectivity index (χ2n) is 3.05. The van der Waals surface area contributed by atoms with E-state index in [0.717, 1.165) is 5.75 Å². The van der Waals surface area contributed by atoms with E-state index in [1.165, 1.54) is 21.5 Å². The van der Waals surface area contributed by atoms with Crippen molar-refractivity contribution in [3.63, 3.8) is 0 Å². The smallest absolute Gasteiger partial charge is 0.0515 e. The van der Waals surface area contributed by atoms with Crippen LogP contribution in [0, 0.1) is 0 Å². The second-order valence-corrected chi connectivity index (χ2v) is 6.00. The summed E-state index contributed by atoms with van der Waals surface area (Å²) >= 11 is 7.41. The quantitative estimate of drug-likeness (QED) is 0.798. The minimum atomic E-state index is 0.487. The molecule has 0 aromatic carbocycles. The summed E-state index contributed by atoms with van der Waals surface area (Å²) in [7, 11) is 2.03. The van der Waals surface area contributed by atoms with Crippen LogP contribution in [0.5, 0.6) is 0 Å². The highest BCUT2D eigenvalue weighted by molar-refractivity contribution is 9.10. The van der Waals surface area contributed by atoms with Gasteiger partial charge in [-0.15, -0.1) is 11.3 Å². The minimum absolute atomic E-state index is 0.487. The van der Waals surface area contributed by atoms with Gasteiger partial charge in [0.2, 0.25) is 0 Å². The molecule has 0 aliphatic rings. The first-order valence-corrected chi connectivity index (χ1v) is 7.60. The van der Waals surface area contributed by atoms with Crippen molar-refractivity contribution < 1.29 is 0 Å². The Kier molecular flexibility index (Phi) is 6.17. The lowest BCUT2D eigenvalue weighted by molar-refractivity contribution is 0.671. The Morgan fingerprint density at radius 2 is 2.43 bits per heavy atom. The second kappa shape index (κ2) is 6.88. The molecule has 0 spiro atoms. The third kappa shape index (κ3) is 3.57. The molecule has 0 amide bonds. The summed E-state index contributed by atoms with van der Waals surface area (Å²) in [5.74, 6) is 2.41. The zero-order valence-electron chi connectivity index (χ0n) is 8.55. The minimum Gasteiger partial charge on any atom is -0.312 e. The van der Waals surface area contributed by atoms with Crippen LogP contribution in [0.1, 0.15) is 24.3 Å². The number of hydrogen-bond donors (Lipinski definition) is 1. The Balaban J connectivity index is 2.50. The van der Waals surface area contributed by atoms with Gasteiger partial charge in [-0.1, -0.05) is 6.92 Å². The molecule has 1 nitrogen and oxygen atoms in total. The lowest BCUT2D eigenvalue weighted by Crippen LogP contribution is -2.18. The van der Waals surface area contributed by atoms with Gasteiger partial charge in [0.05, 0.1) is 6.04 Å². The van der Waals surface area contributed by atoms with Gasteiger partial charge in [0.15, 0.2) is 0 Å². The van der Waals surface area contributed by atoms with Gasteiger partial charge in [-0.05, 0) is 46.6 Å². The highest BCUT2D eigenvalue weighted by atomic mass is 79.9. The van der Waals surface area contributed by atoms with Gasteiger partial charge in [0, 0.05) is 15.1 Å². The van der Waals surface area contributed by atoms with E-state index in [1.807, 2.05) is 30.1 Å². The predicted octanol–water partition coefficient (Wildman–Crippen LogP) is 3.91. The average Bonchev–Trinajstić information content (AvgIpc) is 2.60. The summed E-state index contributed by atoms with van der Waals surface area (Å²) in [5, 5.41) is 5.50. The van der Waals surface area contributed by atoms with Crippen molar-refractivity contribution in [3.05, 3.63) is 20.8 Å². The van der Waals surface area contributed by atoms with Crippen molar-refractivity contribution in [3.8, 4) is 0 Å². The molecule has 0 aliphatic heterocycles. The molecule has 4 heteroatoms. The van der Waals surface area contributed by atoms with Crippen LogP contribution in [0.3, 0.4) is 0 Å². The summed E-state index contributed by atoms with van der Waals surface area (Å²) in [4.78, 5) is 1.41. The highest BCUT2D eigenvalue weighted by Crippen LogP contribution is 2.30. The van der Waals surface area contributed by atoms with Crippen LogP contribution in [0.25, 0.3) is 0 Å². The van der Waals surface area contributed by atoms with E-state index < -0.39 is 0 Å². The fourth-order valence-electron chi connectivity index (χ4n) is 1.19. The molecule has 0 aliphatic carbocycles. The third-order valence-electron chi connectivity index (χ3n) is 1.94. The van der Waals surface area contributed by atoms with Crippen molar-refractivity contribution in [2.45, 2.75) is 19.4 Å². The Bertz CT molecular complexity index is 262. The summed E-state index contributed by atoms with van der Waals surface area (Å²) in [5.41, 5.74) is 0. The standard InChI is InChI=1S/C10H16BrNS2/c1-3-5-13-7-9(12-2)10-8(11)4-6-14-10/h4,6,9,12H,3,5,7H2,1-2H3. The summed E-state index contributed by atoms with van der Waals surface area (Å²) in [6, 6.07) is 2.61. The maximum Gasteiger partial charge on any atom is 0.0515 e. The molecule has 14 heavy (non-hydrogen) atoms. The van der Waals surface area contributed by atoms with Crippen LogP contribution in [0.2, 0.25) is 0 Å². The molecule has 1 unspecified atom stereocenters. The van der Waals surface area contributed by atoms with E-state index in [4.69, 9.17) is 0 Å². The molecule has 0 fully saturated rings. The van der Waals surface area contributed by atoms with E-state index in [-0.39, 0.29) is 0 Å². The van der Waals surface area contributed by atoms with E-state index >= 15 is 0 Å². The summed E-state index contributed by atoms with van der Waals surface area (Å²) in [6.07, 6.45) is 1.26. The lowest BCUT2D eigenvalue weighted by Gasteiger charge is -2.14. The van der Waals surface area contributed by atoms with Gasteiger partial charge in [-0.2, -0.15) is 11.8 Å². The Morgan fingerprint density at radius 3 is 2.93 bits per heavy atom. The van der Waals surface area contributed by atoms with Gasteiger partial charge in [0.25, 0.3) is 0 Å². The van der Waals surface area contributed by atoms with Crippen LogP contribution in [-0.4, -0.2) is 18.6 Å². The number of thiophene rings is 1. The molecular weight excluding hydrogens is 278 g/mol. The molecule has 80 valence electrons. The predicted molar refractivity (Wildman–Crippen MR) is 71.4 cm³/mol. The molecule has 1 atom stereocenters. The molecule has 0 bridgehead atoms. The highest BCUT2D eigenvalue weighted by Gasteiger charge is 2.13. The van der Waals surface area contributed by atoms with Crippen molar-refractivity contribution in [1.29, 1.82) is 0 Å². The first-order chi connectivity index (χ1) is 6.79. The van der Waals surface area contributed by atoms with Crippen molar-refractivity contribution in [2.75, 3.05) is 18.6 Å². The number of thioether (sulfide) groups is 1. The average molecular weight is 294 g/mol. The lowest BCUT2D eigenvalue weighted by atomic mass is 10.3. The van der Waals surface area contributed by atoms with Crippen LogP contribution < -0.4 is 5.32 Å². The third-order valence-corrected chi connectivity index (χ3v) is 5.19. The maximum absolute atomic E-state index is 3.58. The van der Waals surface area contributed by atoms with Crippen molar-refractivity contribution >= 4 is 39.0 Å². The van der Waals surface area contributed by atoms with Crippen LogP contribution in [0.15, 0.2) is 15.9 Å². The molecular formula is C10H16BrNS2. The molecule has 0 saturated carbocycles. The van der Waals surface area contributed by atoms with E-state index in [0.29, 0.717) is 6.04 Å². The molecule has 1 N–H and O–H groups in total. The molecule has 1 aromatic rings. The largest absolute Gasteiger partial charge is 0.312 e. The van der Waals surface area contributed by atoms with Crippen LogP contribution in [-0.2, 0) is 0 Å². The monoisotopic (exact) mass is 293 g/mol. The fraction of sp³-hybridized carbons (Fsp3) is 0.600. The molecule has 0 radical (unpaired) electrons. The van der Waals surface area contributed by atoms with Crippen molar-refractivity contribution in [1.82, 2.24) is 5.32 Å². The SMILES string of the molecule is CCCSCC(NC)c1sccc1Br. The Morgan fingerprint density at radius 1 is 1.64 bits per heavy atom. The zero-order chi connectivity index (χ0) is 10.4. The normalized spacial score (nSPS) is 13.1. The Labute approximate surface area is 103 Å². The van der Waals surface area contributed by atoms with E-state index in [1.54, 1.807) is 0 Å². The summed E-state index contributed by atoms with van der Waals surface area (Å²) in [6.45, 7) is 2.22. The number of halogens is 1. The maximum atomic E-state index is 3.58.